The molecule has 1 atom stereocenters. The maximum absolute atomic E-state index is 12.9. The Hall–Kier alpha value is -3.66. The van der Waals surface area contributed by atoms with Gasteiger partial charge in [-0.05, 0) is 29.3 Å². The number of fused-ring (bicyclic) bond motifs is 1. The number of rotatable bonds is 8. The number of amides is 1. The number of alkyl halides is 4. The highest BCUT2D eigenvalue weighted by Gasteiger charge is 2.31. The maximum Gasteiger partial charge on any atom is 0.416 e. The van der Waals surface area contributed by atoms with E-state index in [1.807, 2.05) is 0 Å². The third-order valence-corrected chi connectivity index (χ3v) is 5.95. The molecule has 3 aromatic carbocycles. The molecule has 1 unspecified atom stereocenters. The Labute approximate surface area is 213 Å². The minimum Gasteiger partial charge on any atom is -0.493 e. The summed E-state index contributed by atoms with van der Waals surface area (Å²) in [6, 6.07) is 15.0. The number of hydrogen-bond acceptors (Lipinski definition) is 5. The molecule has 1 amide bonds. The second-order valence-electron chi connectivity index (χ2n) is 7.86. The van der Waals surface area contributed by atoms with E-state index in [1.165, 1.54) is 18.5 Å². The van der Waals surface area contributed by atoms with E-state index in [-0.39, 0.29) is 0 Å². The summed E-state index contributed by atoms with van der Waals surface area (Å²) in [4.78, 5) is 21.0. The quantitative estimate of drug-likeness (QED) is 0.279. The molecule has 4 rings (SSSR count). The van der Waals surface area contributed by atoms with Crippen LogP contribution >= 0.6 is 15.9 Å². The zero-order chi connectivity index (χ0) is 25.9. The zero-order valence-corrected chi connectivity index (χ0v) is 20.6. The zero-order valence-electron chi connectivity index (χ0n) is 19.1. The smallest absolute Gasteiger partial charge is 0.416 e. The second-order valence-corrected chi connectivity index (χ2v) is 8.65. The molecule has 186 valence electrons. The van der Waals surface area contributed by atoms with E-state index >= 15 is 0 Å². The van der Waals surface area contributed by atoms with Gasteiger partial charge in [0.2, 0.25) is 5.91 Å². The minimum atomic E-state index is -4.47. The van der Waals surface area contributed by atoms with E-state index in [4.69, 9.17) is 15.2 Å². The molecule has 0 aliphatic rings. The van der Waals surface area contributed by atoms with Crippen LogP contribution in [0.5, 0.6) is 11.5 Å². The average molecular weight is 560 g/mol. The van der Waals surface area contributed by atoms with E-state index in [0.29, 0.717) is 45.8 Å². The first-order valence-corrected chi connectivity index (χ1v) is 11.9. The summed E-state index contributed by atoms with van der Waals surface area (Å²) in [5.41, 5.74) is 7.79. The summed E-state index contributed by atoms with van der Waals surface area (Å²) in [6.45, 7) is 0.460. The third kappa shape index (κ3) is 5.28. The molecule has 0 bridgehead atoms. The predicted octanol–water partition coefficient (Wildman–Crippen LogP) is 5.72. The van der Waals surface area contributed by atoms with Crippen LogP contribution in [0.1, 0.15) is 22.6 Å². The van der Waals surface area contributed by atoms with Crippen LogP contribution in [0.4, 0.5) is 13.2 Å². The van der Waals surface area contributed by atoms with Crippen molar-refractivity contribution in [1.29, 1.82) is 0 Å². The molecule has 1 heterocycles. The van der Waals surface area contributed by atoms with Gasteiger partial charge in [0.15, 0.2) is 11.5 Å². The molecule has 0 aliphatic carbocycles. The summed E-state index contributed by atoms with van der Waals surface area (Å²) in [6.07, 6.45) is -3.02. The summed E-state index contributed by atoms with van der Waals surface area (Å²) >= 11 is 3.33. The number of carbonyl (C=O) groups is 1. The van der Waals surface area contributed by atoms with Crippen molar-refractivity contribution >= 4 is 32.7 Å². The van der Waals surface area contributed by atoms with E-state index in [1.54, 1.807) is 43.5 Å². The van der Waals surface area contributed by atoms with Crippen LogP contribution in [0, 0.1) is 0 Å². The normalized spacial score (nSPS) is 12.4. The Morgan fingerprint density at radius 3 is 2.19 bits per heavy atom. The van der Waals surface area contributed by atoms with Crippen molar-refractivity contribution in [3.8, 4) is 22.8 Å². The highest BCUT2D eigenvalue weighted by molar-refractivity contribution is 9.09. The first-order chi connectivity index (χ1) is 17.2. The molecule has 0 aliphatic heterocycles. The van der Waals surface area contributed by atoms with E-state index in [2.05, 4.69) is 25.9 Å². The number of hydrogen-bond donors (Lipinski definition) is 1. The van der Waals surface area contributed by atoms with Gasteiger partial charge in [0.25, 0.3) is 0 Å². The molecule has 0 spiro atoms. The molecular weight excluding hydrogens is 539 g/mol. The number of nitrogens with zero attached hydrogens (tertiary/aromatic N) is 2. The Bertz CT molecular complexity index is 1380. The van der Waals surface area contributed by atoms with Crippen molar-refractivity contribution in [1.82, 2.24) is 9.97 Å². The van der Waals surface area contributed by atoms with Gasteiger partial charge in [0.1, 0.15) is 6.33 Å². The number of ether oxygens (including phenoxy) is 2. The number of nitrogens with two attached hydrogens (primary N) is 1. The molecule has 0 saturated heterocycles. The lowest BCUT2D eigenvalue weighted by Crippen LogP contribution is -2.22. The SMILES string of the molecule is COc1cc2c(-c3ccc(C(C(N)=O)c4ccc(C(F)(F)F)cc4)cc3)ncnc2cc1OCCBr. The van der Waals surface area contributed by atoms with Gasteiger partial charge in [-0.3, -0.25) is 4.79 Å². The molecule has 2 N–H and O–H groups in total. The Balaban J connectivity index is 1.70. The topological polar surface area (TPSA) is 87.3 Å². The summed E-state index contributed by atoms with van der Waals surface area (Å²) in [5.74, 6) is -0.481. The van der Waals surface area contributed by atoms with Gasteiger partial charge in [-0.25, -0.2) is 9.97 Å². The number of methoxy groups -OCH3 is 1. The Kier molecular flexibility index (Phi) is 7.44. The first-order valence-electron chi connectivity index (χ1n) is 10.8. The van der Waals surface area contributed by atoms with Crippen molar-refractivity contribution in [2.75, 3.05) is 19.0 Å². The molecule has 4 aromatic rings. The lowest BCUT2D eigenvalue weighted by Gasteiger charge is -2.16. The van der Waals surface area contributed by atoms with E-state index < -0.39 is 23.6 Å². The summed E-state index contributed by atoms with van der Waals surface area (Å²) in [5, 5.41) is 1.40. The monoisotopic (exact) mass is 559 g/mol. The van der Waals surface area contributed by atoms with Crippen LogP contribution in [-0.4, -0.2) is 34.9 Å². The fourth-order valence-electron chi connectivity index (χ4n) is 3.93. The van der Waals surface area contributed by atoms with Gasteiger partial charge >= 0.3 is 6.18 Å². The van der Waals surface area contributed by atoms with Crippen LogP contribution in [0.15, 0.2) is 67.0 Å². The Morgan fingerprint density at radius 2 is 1.64 bits per heavy atom. The molecule has 0 fully saturated rings. The van der Waals surface area contributed by atoms with Crippen LogP contribution < -0.4 is 15.2 Å². The highest BCUT2D eigenvalue weighted by atomic mass is 79.9. The van der Waals surface area contributed by atoms with Gasteiger partial charge in [-0.15, -0.1) is 0 Å². The highest BCUT2D eigenvalue weighted by Crippen LogP contribution is 2.36. The number of halogens is 4. The van der Waals surface area contributed by atoms with Gasteiger partial charge in [-0.2, -0.15) is 13.2 Å². The largest absolute Gasteiger partial charge is 0.493 e. The molecule has 6 nitrogen and oxygen atoms in total. The van der Waals surface area contributed by atoms with Crippen LogP contribution in [0.3, 0.4) is 0 Å². The first kappa shape index (κ1) is 25.4. The molecule has 10 heteroatoms. The third-order valence-electron chi connectivity index (χ3n) is 5.63. The molecule has 1 aromatic heterocycles. The van der Waals surface area contributed by atoms with Gasteiger partial charge in [0, 0.05) is 22.3 Å². The minimum absolute atomic E-state index is 0.372. The maximum atomic E-state index is 12.9. The van der Waals surface area contributed by atoms with Crippen LogP contribution in [-0.2, 0) is 11.0 Å². The summed E-state index contributed by atoms with van der Waals surface area (Å²) < 4.78 is 50.0. The van der Waals surface area contributed by atoms with E-state index in [0.717, 1.165) is 23.1 Å². The molecular formula is C26H21BrF3N3O3. The van der Waals surface area contributed by atoms with Crippen molar-refractivity contribution in [2.45, 2.75) is 12.1 Å². The second kappa shape index (κ2) is 10.5. The number of primary amides is 1. The van der Waals surface area contributed by atoms with Crippen molar-refractivity contribution in [3.05, 3.63) is 83.7 Å². The molecule has 0 radical (unpaired) electrons. The predicted molar refractivity (Wildman–Crippen MR) is 133 cm³/mol. The number of aromatic nitrogens is 2. The standard InChI is InChI=1S/C26H21BrF3N3O3/c1-35-21-12-19-20(13-22(21)36-11-10-27)32-14-33-24(19)17-4-2-15(3-5-17)23(25(31)34)16-6-8-18(9-7-16)26(28,29)30/h2-9,12-14,23H,10-11H2,1H3,(H2,31,34). The Morgan fingerprint density at radius 1 is 1.00 bits per heavy atom. The van der Waals surface area contributed by atoms with E-state index in [9.17, 15) is 18.0 Å². The lowest BCUT2D eigenvalue weighted by atomic mass is 9.89. The van der Waals surface area contributed by atoms with Gasteiger partial charge in [0.05, 0.1) is 36.4 Å². The summed E-state index contributed by atoms with van der Waals surface area (Å²) in [7, 11) is 1.55. The van der Waals surface area contributed by atoms with Crippen LogP contribution in [0.25, 0.3) is 22.2 Å². The van der Waals surface area contributed by atoms with Crippen molar-refractivity contribution < 1.29 is 27.4 Å². The average Bonchev–Trinajstić information content (AvgIpc) is 2.86. The molecule has 36 heavy (non-hydrogen) atoms. The van der Waals surface area contributed by atoms with Crippen molar-refractivity contribution in [2.24, 2.45) is 5.73 Å². The lowest BCUT2D eigenvalue weighted by molar-refractivity contribution is -0.137. The fraction of sp³-hybridized carbons (Fsp3) is 0.192. The van der Waals surface area contributed by atoms with Gasteiger partial charge < -0.3 is 15.2 Å². The fourth-order valence-corrected chi connectivity index (χ4v) is 4.10. The molecule has 0 saturated carbocycles. The van der Waals surface area contributed by atoms with Crippen LogP contribution in [0.2, 0.25) is 0 Å². The van der Waals surface area contributed by atoms with Gasteiger partial charge in [-0.1, -0.05) is 52.3 Å². The number of benzene rings is 3. The number of carbonyl (C=O) groups excluding carboxylic acids is 1. The van der Waals surface area contributed by atoms with Crippen molar-refractivity contribution in [3.63, 3.8) is 0 Å².